The molecule has 1 unspecified atom stereocenters. The summed E-state index contributed by atoms with van der Waals surface area (Å²) < 4.78 is 7.83. The molecule has 0 radical (unpaired) electrons. The molecule has 17 heavy (non-hydrogen) atoms. The first-order chi connectivity index (χ1) is 8.27. The van der Waals surface area contributed by atoms with Crippen molar-refractivity contribution in [3.05, 3.63) is 28.9 Å². The lowest BCUT2D eigenvalue weighted by Gasteiger charge is -2.23. The third-order valence-corrected chi connectivity index (χ3v) is 4.05. The average molecular weight is 234 g/mol. The van der Waals surface area contributed by atoms with Crippen LogP contribution in [0.5, 0.6) is 0 Å². The minimum absolute atomic E-state index is 0.0102. The maximum Gasteiger partial charge on any atom is 0.253 e. The fourth-order valence-electron chi connectivity index (χ4n) is 3.15. The van der Waals surface area contributed by atoms with Crippen LogP contribution in [0.15, 0.2) is 23.4 Å². The quantitative estimate of drug-likeness (QED) is 0.782. The number of ether oxygens (including phenoxy) is 1. The summed E-state index contributed by atoms with van der Waals surface area (Å²) >= 11 is 0. The number of hydrogen-bond donors (Lipinski definition) is 0. The van der Waals surface area contributed by atoms with Gasteiger partial charge >= 0.3 is 0 Å². The fraction of sp³-hybridized carbons (Fsp3) is 0.692. The van der Waals surface area contributed by atoms with Crippen LogP contribution in [0.4, 0.5) is 0 Å². The average Bonchev–Trinajstić information content (AvgIpc) is 2.94. The molecule has 3 rings (SSSR count). The number of aromatic nitrogens is 2. The van der Waals surface area contributed by atoms with Gasteiger partial charge < -0.3 is 4.74 Å². The van der Waals surface area contributed by atoms with Crippen molar-refractivity contribution in [2.24, 2.45) is 0 Å². The molecule has 0 bridgehead atoms. The van der Waals surface area contributed by atoms with Crippen LogP contribution in [0.1, 0.15) is 38.5 Å². The summed E-state index contributed by atoms with van der Waals surface area (Å²) in [7, 11) is 0. The second-order valence-corrected chi connectivity index (χ2v) is 5.24. The lowest BCUT2D eigenvalue weighted by Crippen LogP contribution is -2.29. The highest BCUT2D eigenvalue weighted by Crippen LogP contribution is 2.43. The van der Waals surface area contributed by atoms with Crippen molar-refractivity contribution in [1.29, 1.82) is 0 Å². The minimum Gasteiger partial charge on any atom is -0.370 e. The third-order valence-electron chi connectivity index (χ3n) is 4.05. The van der Waals surface area contributed by atoms with Gasteiger partial charge in [0.05, 0.1) is 24.6 Å². The largest absolute Gasteiger partial charge is 0.370 e. The standard InChI is InChI=1S/C13H18N2O2/c16-12-4-8-14-10-15(12)9-11-3-7-13(17-11)5-1-2-6-13/h4,8,10-11H,1-3,5-7,9H2. The molecule has 0 aromatic carbocycles. The highest BCUT2D eigenvalue weighted by atomic mass is 16.5. The molecule has 2 aliphatic rings. The van der Waals surface area contributed by atoms with E-state index in [2.05, 4.69) is 4.98 Å². The van der Waals surface area contributed by atoms with E-state index in [1.165, 1.54) is 37.9 Å². The molecule has 1 aliphatic heterocycles. The van der Waals surface area contributed by atoms with E-state index in [1.54, 1.807) is 10.9 Å². The molecular formula is C13H18N2O2. The van der Waals surface area contributed by atoms with E-state index in [4.69, 9.17) is 4.74 Å². The van der Waals surface area contributed by atoms with Gasteiger partial charge in [0, 0.05) is 12.3 Å². The Morgan fingerprint density at radius 1 is 1.41 bits per heavy atom. The molecule has 1 aromatic rings. The molecule has 4 heteroatoms. The van der Waals surface area contributed by atoms with Gasteiger partial charge in [0.1, 0.15) is 0 Å². The molecule has 1 saturated heterocycles. The zero-order valence-electron chi connectivity index (χ0n) is 9.97. The Morgan fingerprint density at radius 3 is 3.00 bits per heavy atom. The molecule has 2 heterocycles. The molecule has 0 amide bonds. The van der Waals surface area contributed by atoms with Crippen molar-refractivity contribution in [3.8, 4) is 0 Å². The monoisotopic (exact) mass is 234 g/mol. The zero-order valence-corrected chi connectivity index (χ0v) is 9.97. The maximum atomic E-state index is 11.6. The predicted molar refractivity (Wildman–Crippen MR) is 63.8 cm³/mol. The molecule has 0 N–H and O–H groups in total. The number of nitrogens with zero attached hydrogens (tertiary/aromatic N) is 2. The molecule has 1 aromatic heterocycles. The van der Waals surface area contributed by atoms with Crippen LogP contribution in [-0.4, -0.2) is 21.3 Å². The minimum atomic E-state index is 0.0102. The van der Waals surface area contributed by atoms with Crippen LogP contribution in [-0.2, 0) is 11.3 Å². The van der Waals surface area contributed by atoms with Gasteiger partial charge in [-0.2, -0.15) is 0 Å². The Morgan fingerprint density at radius 2 is 2.24 bits per heavy atom. The van der Waals surface area contributed by atoms with Crippen LogP contribution in [0.2, 0.25) is 0 Å². The van der Waals surface area contributed by atoms with E-state index in [0.29, 0.717) is 6.54 Å². The first-order valence-corrected chi connectivity index (χ1v) is 6.46. The molecular weight excluding hydrogens is 216 g/mol. The number of rotatable bonds is 2. The van der Waals surface area contributed by atoms with Gasteiger partial charge in [-0.3, -0.25) is 9.36 Å². The van der Waals surface area contributed by atoms with Crippen molar-refractivity contribution in [1.82, 2.24) is 9.55 Å². The first kappa shape index (κ1) is 11.0. The van der Waals surface area contributed by atoms with Gasteiger partial charge in [-0.05, 0) is 25.7 Å². The Balaban J connectivity index is 1.68. The van der Waals surface area contributed by atoms with E-state index in [1.807, 2.05) is 0 Å². The van der Waals surface area contributed by atoms with Gasteiger partial charge in [0.15, 0.2) is 0 Å². The summed E-state index contributed by atoms with van der Waals surface area (Å²) in [5.74, 6) is 0. The van der Waals surface area contributed by atoms with Crippen molar-refractivity contribution in [2.45, 2.75) is 56.8 Å². The summed E-state index contributed by atoms with van der Waals surface area (Å²) in [5, 5.41) is 0. The summed E-state index contributed by atoms with van der Waals surface area (Å²) in [6, 6.07) is 1.50. The van der Waals surface area contributed by atoms with E-state index in [-0.39, 0.29) is 17.3 Å². The van der Waals surface area contributed by atoms with Crippen LogP contribution in [0, 0.1) is 0 Å². The second-order valence-electron chi connectivity index (χ2n) is 5.24. The lowest BCUT2D eigenvalue weighted by atomic mass is 9.98. The van der Waals surface area contributed by atoms with Gasteiger partial charge in [0.2, 0.25) is 0 Å². The van der Waals surface area contributed by atoms with Crippen LogP contribution < -0.4 is 5.56 Å². The smallest absolute Gasteiger partial charge is 0.253 e. The second kappa shape index (κ2) is 4.26. The summed E-state index contributed by atoms with van der Waals surface area (Å²) in [6.45, 7) is 0.647. The van der Waals surface area contributed by atoms with Crippen molar-refractivity contribution < 1.29 is 4.74 Å². The van der Waals surface area contributed by atoms with E-state index in [9.17, 15) is 4.79 Å². The molecule has 4 nitrogen and oxygen atoms in total. The Bertz CT molecular complexity index is 449. The van der Waals surface area contributed by atoms with Gasteiger partial charge in [0.25, 0.3) is 5.56 Å². The van der Waals surface area contributed by atoms with Crippen molar-refractivity contribution in [3.63, 3.8) is 0 Å². The topological polar surface area (TPSA) is 44.1 Å². The fourth-order valence-corrected chi connectivity index (χ4v) is 3.15. The summed E-state index contributed by atoms with van der Waals surface area (Å²) in [4.78, 5) is 15.6. The highest BCUT2D eigenvalue weighted by Gasteiger charge is 2.42. The third kappa shape index (κ3) is 2.14. The van der Waals surface area contributed by atoms with Gasteiger partial charge in [-0.15, -0.1) is 0 Å². The summed E-state index contributed by atoms with van der Waals surface area (Å²) in [5.41, 5.74) is 0.159. The van der Waals surface area contributed by atoms with E-state index < -0.39 is 0 Å². The molecule has 1 atom stereocenters. The van der Waals surface area contributed by atoms with Crippen molar-refractivity contribution in [2.75, 3.05) is 0 Å². The van der Waals surface area contributed by atoms with E-state index >= 15 is 0 Å². The first-order valence-electron chi connectivity index (χ1n) is 6.46. The van der Waals surface area contributed by atoms with Gasteiger partial charge in [-0.25, -0.2) is 4.98 Å². The molecule has 1 aliphatic carbocycles. The van der Waals surface area contributed by atoms with Crippen LogP contribution in [0.25, 0.3) is 0 Å². The Kier molecular flexibility index (Phi) is 2.74. The molecule has 1 spiro atoms. The predicted octanol–water partition coefficient (Wildman–Crippen LogP) is 1.74. The molecule has 2 fully saturated rings. The summed E-state index contributed by atoms with van der Waals surface area (Å²) in [6.07, 6.45) is 10.5. The SMILES string of the molecule is O=c1ccncn1CC1CCC2(CCCC2)O1. The zero-order chi connectivity index (χ0) is 11.7. The van der Waals surface area contributed by atoms with Gasteiger partial charge in [-0.1, -0.05) is 12.8 Å². The number of hydrogen-bond acceptors (Lipinski definition) is 3. The van der Waals surface area contributed by atoms with Crippen molar-refractivity contribution >= 4 is 0 Å². The van der Waals surface area contributed by atoms with Crippen LogP contribution in [0.3, 0.4) is 0 Å². The Hall–Kier alpha value is -1.16. The lowest BCUT2D eigenvalue weighted by molar-refractivity contribution is -0.0422. The highest BCUT2D eigenvalue weighted by molar-refractivity contribution is 4.93. The maximum absolute atomic E-state index is 11.6. The normalized spacial score (nSPS) is 26.7. The molecule has 92 valence electrons. The molecule has 1 saturated carbocycles. The Labute approximate surface area is 101 Å². The van der Waals surface area contributed by atoms with E-state index in [0.717, 1.165) is 12.8 Å². The van der Waals surface area contributed by atoms with Crippen LogP contribution >= 0.6 is 0 Å².